The predicted molar refractivity (Wildman–Crippen MR) is 48.0 cm³/mol. The van der Waals surface area contributed by atoms with E-state index in [0.717, 1.165) is 26.2 Å². The normalized spacial score (nSPS) is 24.7. The Morgan fingerprint density at radius 1 is 1.75 bits per heavy atom. The highest BCUT2D eigenvalue weighted by Crippen LogP contribution is 1.99. The quantitative estimate of drug-likeness (QED) is 0.574. The van der Waals surface area contributed by atoms with Crippen LogP contribution in [0.5, 0.6) is 0 Å². The Kier molecular flexibility index (Phi) is 3.49. The van der Waals surface area contributed by atoms with Gasteiger partial charge in [-0.25, -0.2) is 0 Å². The minimum Gasteiger partial charge on any atom is -0.339 e. The number of carbonyl (C=O) groups excluding carboxylic acids is 1. The van der Waals surface area contributed by atoms with Crippen LogP contribution in [0.15, 0.2) is 0 Å². The number of rotatable bonds is 3. The molecule has 0 saturated carbocycles. The van der Waals surface area contributed by atoms with E-state index >= 15 is 0 Å². The Bertz CT molecular complexity index is 160. The number of hydrogen-bond donors (Lipinski definition) is 2. The first-order chi connectivity index (χ1) is 5.75. The molecule has 1 heterocycles. The molecule has 1 saturated heterocycles. The van der Waals surface area contributed by atoms with Gasteiger partial charge in [0.05, 0.1) is 6.04 Å². The molecule has 1 unspecified atom stereocenters. The monoisotopic (exact) mass is 171 g/mol. The van der Waals surface area contributed by atoms with Gasteiger partial charge < -0.3 is 15.5 Å². The number of likely N-dealkylation sites (N-methyl/N-ethyl adjacent to an activating group) is 1. The summed E-state index contributed by atoms with van der Waals surface area (Å²) in [5.74, 6) is 0.219. The van der Waals surface area contributed by atoms with Gasteiger partial charge in [-0.2, -0.15) is 0 Å². The fourth-order valence-electron chi connectivity index (χ4n) is 1.36. The molecule has 1 amide bonds. The van der Waals surface area contributed by atoms with Crippen molar-refractivity contribution >= 4 is 5.91 Å². The van der Waals surface area contributed by atoms with Gasteiger partial charge in [0.1, 0.15) is 0 Å². The van der Waals surface area contributed by atoms with Crippen LogP contribution in [-0.4, -0.2) is 50.1 Å². The van der Waals surface area contributed by atoms with Crippen LogP contribution < -0.4 is 10.6 Å². The van der Waals surface area contributed by atoms with Crippen molar-refractivity contribution < 1.29 is 4.79 Å². The summed E-state index contributed by atoms with van der Waals surface area (Å²) in [6.07, 6.45) is 0. The summed E-state index contributed by atoms with van der Waals surface area (Å²) in [6, 6.07) is -0.00407. The molecule has 1 aliphatic rings. The number of piperazine rings is 1. The van der Waals surface area contributed by atoms with Gasteiger partial charge in [-0.05, 0) is 14.0 Å². The van der Waals surface area contributed by atoms with Crippen LogP contribution >= 0.6 is 0 Å². The van der Waals surface area contributed by atoms with Crippen molar-refractivity contribution in [1.82, 2.24) is 15.5 Å². The number of nitrogens with one attached hydrogen (secondary N) is 2. The van der Waals surface area contributed by atoms with Gasteiger partial charge >= 0.3 is 0 Å². The molecule has 0 bridgehead atoms. The summed E-state index contributed by atoms with van der Waals surface area (Å²) >= 11 is 0. The maximum absolute atomic E-state index is 11.5. The van der Waals surface area contributed by atoms with Crippen molar-refractivity contribution in [2.45, 2.75) is 13.0 Å². The molecule has 1 fully saturated rings. The van der Waals surface area contributed by atoms with Gasteiger partial charge in [-0.15, -0.1) is 0 Å². The van der Waals surface area contributed by atoms with Crippen molar-refractivity contribution in [3.8, 4) is 0 Å². The maximum Gasteiger partial charge on any atom is 0.239 e. The highest BCUT2D eigenvalue weighted by Gasteiger charge is 2.23. The molecule has 0 aromatic heterocycles. The SMILES string of the molecule is CNCCN1CCNC(C)C1=O. The van der Waals surface area contributed by atoms with Crippen molar-refractivity contribution in [2.24, 2.45) is 0 Å². The first kappa shape index (κ1) is 9.48. The van der Waals surface area contributed by atoms with Gasteiger partial charge in [0.2, 0.25) is 5.91 Å². The van der Waals surface area contributed by atoms with E-state index in [0.29, 0.717) is 0 Å². The molecular weight excluding hydrogens is 154 g/mol. The number of nitrogens with zero attached hydrogens (tertiary/aromatic N) is 1. The van der Waals surface area contributed by atoms with Crippen LogP contribution in [0.25, 0.3) is 0 Å². The molecule has 4 heteroatoms. The largest absolute Gasteiger partial charge is 0.339 e. The average Bonchev–Trinajstić information content (AvgIpc) is 2.08. The minimum atomic E-state index is -0.00407. The summed E-state index contributed by atoms with van der Waals surface area (Å²) < 4.78 is 0. The van der Waals surface area contributed by atoms with Crippen LogP contribution in [0, 0.1) is 0 Å². The molecule has 0 aromatic carbocycles. The highest BCUT2D eigenvalue weighted by atomic mass is 16.2. The Balaban J connectivity index is 2.36. The number of amides is 1. The van der Waals surface area contributed by atoms with Crippen molar-refractivity contribution in [3.05, 3.63) is 0 Å². The van der Waals surface area contributed by atoms with E-state index in [9.17, 15) is 4.79 Å². The van der Waals surface area contributed by atoms with E-state index in [1.165, 1.54) is 0 Å². The Morgan fingerprint density at radius 3 is 3.17 bits per heavy atom. The molecular formula is C8H17N3O. The topological polar surface area (TPSA) is 44.4 Å². The third-order valence-corrected chi connectivity index (χ3v) is 2.15. The van der Waals surface area contributed by atoms with E-state index in [2.05, 4.69) is 10.6 Å². The molecule has 0 spiro atoms. The van der Waals surface area contributed by atoms with E-state index in [1.54, 1.807) is 0 Å². The molecule has 0 aromatic rings. The van der Waals surface area contributed by atoms with Crippen LogP contribution in [0.4, 0.5) is 0 Å². The second kappa shape index (κ2) is 4.42. The summed E-state index contributed by atoms with van der Waals surface area (Å²) in [6.45, 7) is 5.36. The third kappa shape index (κ3) is 2.19. The van der Waals surface area contributed by atoms with Crippen LogP contribution in [0.3, 0.4) is 0 Å². The van der Waals surface area contributed by atoms with Crippen molar-refractivity contribution in [1.29, 1.82) is 0 Å². The summed E-state index contributed by atoms with van der Waals surface area (Å²) in [4.78, 5) is 13.4. The Hall–Kier alpha value is -0.610. The lowest BCUT2D eigenvalue weighted by Crippen LogP contribution is -2.54. The lowest BCUT2D eigenvalue weighted by Gasteiger charge is -2.31. The second-order valence-electron chi connectivity index (χ2n) is 3.10. The molecule has 4 nitrogen and oxygen atoms in total. The smallest absolute Gasteiger partial charge is 0.239 e. The van der Waals surface area contributed by atoms with E-state index in [1.807, 2.05) is 18.9 Å². The highest BCUT2D eigenvalue weighted by molar-refractivity contribution is 5.82. The lowest BCUT2D eigenvalue weighted by molar-refractivity contribution is -0.135. The summed E-state index contributed by atoms with van der Waals surface area (Å²) in [5, 5.41) is 6.16. The fraction of sp³-hybridized carbons (Fsp3) is 0.875. The van der Waals surface area contributed by atoms with Gasteiger partial charge in [0.15, 0.2) is 0 Å². The zero-order valence-electron chi connectivity index (χ0n) is 7.76. The Labute approximate surface area is 73.3 Å². The van der Waals surface area contributed by atoms with Gasteiger partial charge in [-0.1, -0.05) is 0 Å². The van der Waals surface area contributed by atoms with E-state index in [4.69, 9.17) is 0 Å². The van der Waals surface area contributed by atoms with Crippen LogP contribution in [0.2, 0.25) is 0 Å². The molecule has 12 heavy (non-hydrogen) atoms. The number of carbonyl (C=O) groups is 1. The van der Waals surface area contributed by atoms with Crippen LogP contribution in [-0.2, 0) is 4.79 Å². The second-order valence-corrected chi connectivity index (χ2v) is 3.10. The van der Waals surface area contributed by atoms with Crippen LogP contribution in [0.1, 0.15) is 6.92 Å². The first-order valence-electron chi connectivity index (χ1n) is 4.42. The standard InChI is InChI=1S/C8H17N3O/c1-7-8(12)11(5-3-9-2)6-4-10-7/h7,9-10H,3-6H2,1-2H3. The minimum absolute atomic E-state index is 0.00407. The summed E-state index contributed by atoms with van der Waals surface area (Å²) in [5.41, 5.74) is 0. The van der Waals surface area contributed by atoms with Gasteiger partial charge in [0, 0.05) is 26.2 Å². The average molecular weight is 171 g/mol. The molecule has 0 aliphatic carbocycles. The molecule has 1 aliphatic heterocycles. The summed E-state index contributed by atoms with van der Waals surface area (Å²) in [7, 11) is 1.90. The van der Waals surface area contributed by atoms with Crippen molar-refractivity contribution in [3.63, 3.8) is 0 Å². The zero-order chi connectivity index (χ0) is 8.97. The maximum atomic E-state index is 11.5. The Morgan fingerprint density at radius 2 is 2.50 bits per heavy atom. The molecule has 70 valence electrons. The number of hydrogen-bond acceptors (Lipinski definition) is 3. The molecule has 0 radical (unpaired) electrons. The predicted octanol–water partition coefficient (Wildman–Crippen LogP) is -0.974. The third-order valence-electron chi connectivity index (χ3n) is 2.15. The molecule has 1 atom stereocenters. The van der Waals surface area contributed by atoms with Gasteiger partial charge in [0.25, 0.3) is 0 Å². The zero-order valence-corrected chi connectivity index (χ0v) is 7.76. The van der Waals surface area contributed by atoms with E-state index < -0.39 is 0 Å². The molecule has 1 rings (SSSR count). The van der Waals surface area contributed by atoms with Crippen molar-refractivity contribution in [2.75, 3.05) is 33.2 Å². The fourth-order valence-corrected chi connectivity index (χ4v) is 1.36. The van der Waals surface area contributed by atoms with Gasteiger partial charge in [-0.3, -0.25) is 4.79 Å². The molecule has 2 N–H and O–H groups in total. The van der Waals surface area contributed by atoms with E-state index in [-0.39, 0.29) is 11.9 Å². The lowest BCUT2D eigenvalue weighted by atomic mass is 10.2. The first-order valence-corrected chi connectivity index (χ1v) is 4.42.